The van der Waals surface area contributed by atoms with Crippen molar-refractivity contribution >= 4 is 17.4 Å². The summed E-state index contributed by atoms with van der Waals surface area (Å²) in [5.74, 6) is 1.55. The molecule has 3 aromatic rings. The zero-order valence-corrected chi connectivity index (χ0v) is 17.0. The molecular weight excluding hydrogens is 389 g/mol. The minimum atomic E-state index is -0.246. The van der Waals surface area contributed by atoms with Gasteiger partial charge in [-0.1, -0.05) is 30.0 Å². The number of para-hydroxylation sites is 1. The van der Waals surface area contributed by atoms with Crippen LogP contribution in [0.2, 0.25) is 0 Å². The molecule has 4 rings (SSSR count). The number of morpholine rings is 1. The molecule has 2 heterocycles. The molecule has 1 aliphatic heterocycles. The molecule has 1 fully saturated rings. The lowest BCUT2D eigenvalue weighted by atomic mass is 10.3. The van der Waals surface area contributed by atoms with Crippen molar-refractivity contribution in [1.29, 1.82) is 0 Å². The van der Waals surface area contributed by atoms with Gasteiger partial charge in [0, 0.05) is 11.4 Å². The van der Waals surface area contributed by atoms with E-state index in [1.165, 1.54) is 12.1 Å². The van der Waals surface area contributed by atoms with Gasteiger partial charge in [0.05, 0.1) is 32.1 Å². The van der Waals surface area contributed by atoms with Crippen molar-refractivity contribution in [3.05, 3.63) is 66.2 Å². The number of quaternary nitrogens is 1. The number of nitrogens with zero attached hydrogens (tertiary/aromatic N) is 3. The zero-order valence-electron chi connectivity index (χ0n) is 16.2. The van der Waals surface area contributed by atoms with Crippen molar-refractivity contribution < 1.29 is 14.0 Å². The summed E-state index contributed by atoms with van der Waals surface area (Å²) in [6.45, 7) is 5.41. The van der Waals surface area contributed by atoms with Gasteiger partial charge in [-0.15, -0.1) is 10.2 Å². The summed E-state index contributed by atoms with van der Waals surface area (Å²) in [4.78, 5) is 1.58. The van der Waals surface area contributed by atoms with Crippen LogP contribution in [0, 0.1) is 5.82 Å². The second-order valence-corrected chi connectivity index (χ2v) is 7.95. The van der Waals surface area contributed by atoms with Crippen molar-refractivity contribution in [2.75, 3.05) is 43.9 Å². The van der Waals surface area contributed by atoms with Gasteiger partial charge in [-0.3, -0.25) is 4.57 Å². The minimum absolute atomic E-state index is 0.246. The number of anilines is 1. The molecule has 29 heavy (non-hydrogen) atoms. The lowest BCUT2D eigenvalue weighted by Gasteiger charge is -2.23. The van der Waals surface area contributed by atoms with E-state index in [0.29, 0.717) is 6.54 Å². The molecular formula is C21H25FN5OS+. The third-order valence-corrected chi connectivity index (χ3v) is 5.83. The normalized spacial score (nSPS) is 14.8. The lowest BCUT2D eigenvalue weighted by molar-refractivity contribution is -0.905. The monoisotopic (exact) mass is 414 g/mol. The molecule has 0 atom stereocenters. The molecule has 6 nitrogen and oxygen atoms in total. The van der Waals surface area contributed by atoms with E-state index in [4.69, 9.17) is 4.74 Å². The molecule has 0 aliphatic carbocycles. The summed E-state index contributed by atoms with van der Waals surface area (Å²) in [5, 5.41) is 13.1. The minimum Gasteiger partial charge on any atom is -0.378 e. The van der Waals surface area contributed by atoms with Crippen molar-refractivity contribution in [3.8, 4) is 5.69 Å². The van der Waals surface area contributed by atoms with Gasteiger partial charge in [-0.2, -0.15) is 0 Å². The molecule has 2 N–H and O–H groups in total. The summed E-state index contributed by atoms with van der Waals surface area (Å²) < 4.78 is 20.7. The van der Waals surface area contributed by atoms with Crippen molar-refractivity contribution in [2.45, 2.75) is 11.7 Å². The van der Waals surface area contributed by atoms with Gasteiger partial charge >= 0.3 is 0 Å². The Kier molecular flexibility index (Phi) is 6.76. The van der Waals surface area contributed by atoms with Crippen molar-refractivity contribution in [2.24, 2.45) is 0 Å². The predicted molar refractivity (Wildman–Crippen MR) is 112 cm³/mol. The number of nitrogens with one attached hydrogen (secondary N) is 2. The maximum Gasteiger partial charge on any atom is 0.196 e. The highest BCUT2D eigenvalue weighted by Crippen LogP contribution is 2.22. The molecule has 1 saturated heterocycles. The summed E-state index contributed by atoms with van der Waals surface area (Å²) >= 11 is 1.73. The molecule has 1 aromatic heterocycles. The second-order valence-electron chi connectivity index (χ2n) is 6.89. The standard InChI is InChI=1S/C21H24FN5OS/c22-17-6-8-18(9-7-17)23-16-20-24-25-21(27(20)19-4-2-1-3-5-19)29-15-12-26-10-13-28-14-11-26/h1-9,23H,10-16H2/p+1. The second kappa shape index (κ2) is 9.87. The third-order valence-electron chi connectivity index (χ3n) is 4.90. The Bertz CT molecular complexity index is 897. The van der Waals surface area contributed by atoms with Gasteiger partial charge in [-0.25, -0.2) is 4.39 Å². The molecule has 0 amide bonds. The Balaban J connectivity index is 1.46. The third kappa shape index (κ3) is 5.35. The average molecular weight is 415 g/mol. The Labute approximate surface area is 174 Å². The number of hydrogen-bond donors (Lipinski definition) is 2. The van der Waals surface area contributed by atoms with Gasteiger partial charge in [0.2, 0.25) is 0 Å². The van der Waals surface area contributed by atoms with E-state index in [1.807, 2.05) is 18.2 Å². The van der Waals surface area contributed by atoms with Crippen LogP contribution in [0.25, 0.3) is 5.69 Å². The van der Waals surface area contributed by atoms with E-state index in [9.17, 15) is 4.39 Å². The van der Waals surface area contributed by atoms with Crippen LogP contribution in [0.4, 0.5) is 10.1 Å². The molecule has 0 bridgehead atoms. The van der Waals surface area contributed by atoms with Crippen LogP contribution in [-0.2, 0) is 11.3 Å². The number of benzene rings is 2. The highest BCUT2D eigenvalue weighted by atomic mass is 32.2. The van der Waals surface area contributed by atoms with Crippen LogP contribution in [0.1, 0.15) is 5.82 Å². The molecule has 0 unspecified atom stereocenters. The Morgan fingerprint density at radius 2 is 1.79 bits per heavy atom. The van der Waals surface area contributed by atoms with Gasteiger partial charge in [-0.05, 0) is 36.4 Å². The maximum absolute atomic E-state index is 13.1. The molecule has 2 aromatic carbocycles. The number of rotatable bonds is 8. The summed E-state index contributed by atoms with van der Waals surface area (Å²) in [5.41, 5.74) is 1.88. The first kappa shape index (κ1) is 19.9. The van der Waals surface area contributed by atoms with Crippen LogP contribution in [0.5, 0.6) is 0 Å². The topological polar surface area (TPSA) is 56.4 Å². The fraction of sp³-hybridized carbons (Fsp3) is 0.333. The number of halogens is 1. The Morgan fingerprint density at radius 3 is 2.55 bits per heavy atom. The van der Waals surface area contributed by atoms with Gasteiger partial charge in [0.25, 0.3) is 0 Å². The van der Waals surface area contributed by atoms with Gasteiger partial charge in [0.15, 0.2) is 11.0 Å². The van der Waals surface area contributed by atoms with Crippen LogP contribution >= 0.6 is 11.8 Å². The van der Waals surface area contributed by atoms with E-state index < -0.39 is 0 Å². The largest absolute Gasteiger partial charge is 0.378 e. The molecule has 8 heteroatoms. The first-order valence-electron chi connectivity index (χ1n) is 9.83. The fourth-order valence-corrected chi connectivity index (χ4v) is 4.30. The van der Waals surface area contributed by atoms with Gasteiger partial charge < -0.3 is 15.0 Å². The van der Waals surface area contributed by atoms with Crippen LogP contribution in [0.3, 0.4) is 0 Å². The maximum atomic E-state index is 13.1. The quantitative estimate of drug-likeness (QED) is 0.553. The Hall–Kier alpha value is -2.42. The van der Waals surface area contributed by atoms with Crippen LogP contribution in [-0.4, -0.2) is 53.4 Å². The van der Waals surface area contributed by atoms with Crippen molar-refractivity contribution in [1.82, 2.24) is 14.8 Å². The predicted octanol–water partition coefficient (Wildman–Crippen LogP) is 2.03. The first-order valence-corrected chi connectivity index (χ1v) is 10.8. The smallest absolute Gasteiger partial charge is 0.196 e. The average Bonchev–Trinajstić information content (AvgIpc) is 3.17. The van der Waals surface area contributed by atoms with Gasteiger partial charge in [0.1, 0.15) is 18.9 Å². The number of ether oxygens (including phenoxy) is 1. The first-order chi connectivity index (χ1) is 14.3. The van der Waals surface area contributed by atoms with Crippen molar-refractivity contribution in [3.63, 3.8) is 0 Å². The number of hydrogen-bond acceptors (Lipinski definition) is 5. The molecule has 1 aliphatic rings. The summed E-state index contributed by atoms with van der Waals surface area (Å²) in [7, 11) is 0. The van der Waals surface area contributed by atoms with E-state index in [0.717, 1.165) is 61.0 Å². The fourth-order valence-electron chi connectivity index (χ4n) is 3.29. The van der Waals surface area contributed by atoms with Crippen LogP contribution in [0.15, 0.2) is 59.8 Å². The molecule has 0 saturated carbocycles. The van der Waals surface area contributed by atoms with Crippen LogP contribution < -0.4 is 10.2 Å². The van der Waals surface area contributed by atoms with E-state index in [2.05, 4.69) is 32.2 Å². The zero-order chi connectivity index (χ0) is 19.9. The Morgan fingerprint density at radius 1 is 1.03 bits per heavy atom. The van der Waals surface area contributed by atoms with E-state index in [-0.39, 0.29) is 5.82 Å². The summed E-state index contributed by atoms with van der Waals surface area (Å²) in [6.07, 6.45) is 0. The van der Waals surface area contributed by atoms with E-state index in [1.54, 1.807) is 28.8 Å². The number of thioether (sulfide) groups is 1. The highest BCUT2D eigenvalue weighted by Gasteiger charge is 2.17. The van der Waals surface area contributed by atoms with E-state index >= 15 is 0 Å². The SMILES string of the molecule is Fc1ccc(NCc2nnc(SCC[NH+]3CCOCC3)n2-c2ccccc2)cc1. The molecule has 152 valence electrons. The number of aromatic nitrogens is 3. The highest BCUT2D eigenvalue weighted by molar-refractivity contribution is 7.99. The molecule has 0 radical (unpaired) electrons. The lowest BCUT2D eigenvalue weighted by Crippen LogP contribution is -3.14. The molecule has 0 spiro atoms. The summed E-state index contributed by atoms with van der Waals surface area (Å²) in [6, 6.07) is 16.5.